The molecular formula is C8H17NO3. The largest absolute Gasteiger partial charge is 0.396 e. The number of aliphatic hydroxyl groups is 2. The Bertz CT molecular complexity index is 127. The number of carbonyl (C=O) groups excluding carboxylic acids is 1. The van der Waals surface area contributed by atoms with Gasteiger partial charge in [0.2, 0.25) is 5.91 Å². The van der Waals surface area contributed by atoms with Crippen molar-refractivity contribution in [2.24, 2.45) is 0 Å². The van der Waals surface area contributed by atoms with Crippen LogP contribution in [0.5, 0.6) is 0 Å². The zero-order valence-electron chi connectivity index (χ0n) is 7.42. The van der Waals surface area contributed by atoms with Gasteiger partial charge in [-0.15, -0.1) is 0 Å². The number of carbonyl (C=O) groups is 1. The maximum Gasteiger partial charge on any atom is 0.219 e. The SMILES string of the molecule is CCC(=O)NCC(O)CCCO. The summed E-state index contributed by atoms with van der Waals surface area (Å²) in [4.78, 5) is 10.7. The van der Waals surface area contributed by atoms with Crippen molar-refractivity contribution in [1.82, 2.24) is 5.32 Å². The molecule has 0 saturated carbocycles. The lowest BCUT2D eigenvalue weighted by molar-refractivity contribution is -0.121. The van der Waals surface area contributed by atoms with E-state index in [1.807, 2.05) is 0 Å². The van der Waals surface area contributed by atoms with Crippen molar-refractivity contribution in [3.8, 4) is 0 Å². The second kappa shape index (κ2) is 7.06. The van der Waals surface area contributed by atoms with E-state index in [4.69, 9.17) is 5.11 Å². The van der Waals surface area contributed by atoms with E-state index < -0.39 is 6.10 Å². The highest BCUT2D eigenvalue weighted by atomic mass is 16.3. The molecule has 4 heteroatoms. The zero-order chi connectivity index (χ0) is 9.40. The Hall–Kier alpha value is -0.610. The molecule has 0 fully saturated rings. The van der Waals surface area contributed by atoms with Crippen LogP contribution in [0.15, 0.2) is 0 Å². The van der Waals surface area contributed by atoms with E-state index in [1.165, 1.54) is 0 Å². The van der Waals surface area contributed by atoms with Gasteiger partial charge in [0.15, 0.2) is 0 Å². The first-order valence-corrected chi connectivity index (χ1v) is 4.26. The topological polar surface area (TPSA) is 69.6 Å². The van der Waals surface area contributed by atoms with Crippen molar-refractivity contribution in [3.63, 3.8) is 0 Å². The summed E-state index contributed by atoms with van der Waals surface area (Å²) in [7, 11) is 0. The molecule has 0 aromatic rings. The van der Waals surface area contributed by atoms with Crippen LogP contribution in [0, 0.1) is 0 Å². The van der Waals surface area contributed by atoms with Crippen LogP contribution in [0.25, 0.3) is 0 Å². The molecule has 1 unspecified atom stereocenters. The van der Waals surface area contributed by atoms with Gasteiger partial charge in [-0.3, -0.25) is 4.79 Å². The fourth-order valence-electron chi connectivity index (χ4n) is 0.786. The molecule has 0 bridgehead atoms. The lowest BCUT2D eigenvalue weighted by Crippen LogP contribution is -2.31. The summed E-state index contributed by atoms with van der Waals surface area (Å²) in [5.41, 5.74) is 0. The first kappa shape index (κ1) is 11.4. The predicted molar refractivity (Wildman–Crippen MR) is 45.6 cm³/mol. The third-order valence-electron chi connectivity index (χ3n) is 1.55. The Morgan fingerprint density at radius 3 is 2.75 bits per heavy atom. The van der Waals surface area contributed by atoms with E-state index in [1.54, 1.807) is 6.92 Å². The van der Waals surface area contributed by atoms with Gasteiger partial charge < -0.3 is 15.5 Å². The van der Waals surface area contributed by atoms with Crippen molar-refractivity contribution in [2.45, 2.75) is 32.3 Å². The van der Waals surface area contributed by atoms with Gasteiger partial charge in [0.1, 0.15) is 0 Å². The van der Waals surface area contributed by atoms with Gasteiger partial charge >= 0.3 is 0 Å². The molecule has 1 amide bonds. The minimum atomic E-state index is -0.535. The molecule has 4 nitrogen and oxygen atoms in total. The predicted octanol–water partition coefficient (Wildman–Crippen LogP) is -0.354. The first-order valence-electron chi connectivity index (χ1n) is 4.26. The van der Waals surface area contributed by atoms with Gasteiger partial charge in [0.05, 0.1) is 6.10 Å². The first-order chi connectivity index (χ1) is 5.70. The molecule has 0 aromatic carbocycles. The van der Waals surface area contributed by atoms with Crippen LogP contribution >= 0.6 is 0 Å². The molecular weight excluding hydrogens is 158 g/mol. The second-order valence-electron chi connectivity index (χ2n) is 2.68. The van der Waals surface area contributed by atoms with E-state index in [0.29, 0.717) is 19.3 Å². The van der Waals surface area contributed by atoms with Crippen LogP contribution in [0.3, 0.4) is 0 Å². The normalized spacial score (nSPS) is 12.6. The van der Waals surface area contributed by atoms with E-state index in [-0.39, 0.29) is 19.1 Å². The van der Waals surface area contributed by atoms with Gasteiger partial charge in [-0.1, -0.05) is 6.92 Å². The number of hydrogen-bond donors (Lipinski definition) is 3. The maximum absolute atomic E-state index is 10.7. The number of amides is 1. The van der Waals surface area contributed by atoms with Gasteiger partial charge in [-0.05, 0) is 12.8 Å². The Balaban J connectivity index is 3.30. The Kier molecular flexibility index (Phi) is 6.70. The molecule has 0 spiro atoms. The van der Waals surface area contributed by atoms with Crippen LogP contribution in [0.2, 0.25) is 0 Å². The molecule has 0 radical (unpaired) electrons. The van der Waals surface area contributed by atoms with Gasteiger partial charge in [0, 0.05) is 19.6 Å². The molecule has 0 rings (SSSR count). The lowest BCUT2D eigenvalue weighted by atomic mass is 10.2. The molecule has 3 N–H and O–H groups in total. The number of hydrogen-bond acceptors (Lipinski definition) is 3. The number of nitrogens with one attached hydrogen (secondary N) is 1. The fourth-order valence-corrected chi connectivity index (χ4v) is 0.786. The Labute approximate surface area is 72.6 Å². The third-order valence-corrected chi connectivity index (χ3v) is 1.55. The zero-order valence-corrected chi connectivity index (χ0v) is 7.42. The van der Waals surface area contributed by atoms with Crippen LogP contribution in [-0.2, 0) is 4.79 Å². The quantitative estimate of drug-likeness (QED) is 0.516. The summed E-state index contributed by atoms with van der Waals surface area (Å²) in [6.45, 7) is 2.13. The number of rotatable bonds is 6. The summed E-state index contributed by atoms with van der Waals surface area (Å²) in [5.74, 6) is -0.0574. The van der Waals surface area contributed by atoms with Crippen molar-refractivity contribution < 1.29 is 15.0 Å². The molecule has 72 valence electrons. The van der Waals surface area contributed by atoms with Gasteiger partial charge in [-0.2, -0.15) is 0 Å². The minimum Gasteiger partial charge on any atom is -0.396 e. The molecule has 0 aromatic heterocycles. The van der Waals surface area contributed by atoms with Gasteiger partial charge in [0.25, 0.3) is 0 Å². The fraction of sp³-hybridized carbons (Fsp3) is 0.875. The molecule has 1 atom stereocenters. The van der Waals surface area contributed by atoms with E-state index >= 15 is 0 Å². The van der Waals surface area contributed by atoms with E-state index in [9.17, 15) is 9.90 Å². The van der Waals surface area contributed by atoms with Crippen LogP contribution in [0.1, 0.15) is 26.2 Å². The molecule has 0 saturated heterocycles. The monoisotopic (exact) mass is 175 g/mol. The van der Waals surface area contributed by atoms with E-state index in [2.05, 4.69) is 5.32 Å². The van der Waals surface area contributed by atoms with Crippen molar-refractivity contribution in [3.05, 3.63) is 0 Å². The van der Waals surface area contributed by atoms with Crippen LogP contribution in [0.4, 0.5) is 0 Å². The van der Waals surface area contributed by atoms with Gasteiger partial charge in [-0.25, -0.2) is 0 Å². The van der Waals surface area contributed by atoms with E-state index in [0.717, 1.165) is 0 Å². The molecule has 0 aliphatic heterocycles. The average molecular weight is 175 g/mol. The summed E-state index contributed by atoms with van der Waals surface area (Å²) in [6.07, 6.45) is 1.00. The second-order valence-corrected chi connectivity index (χ2v) is 2.68. The van der Waals surface area contributed by atoms with Crippen LogP contribution in [-0.4, -0.2) is 35.4 Å². The summed E-state index contributed by atoms with van der Waals surface area (Å²) in [6, 6.07) is 0. The Morgan fingerprint density at radius 2 is 2.25 bits per heavy atom. The molecule has 12 heavy (non-hydrogen) atoms. The average Bonchev–Trinajstić information content (AvgIpc) is 2.10. The molecule has 0 heterocycles. The lowest BCUT2D eigenvalue weighted by Gasteiger charge is -2.09. The van der Waals surface area contributed by atoms with Crippen molar-refractivity contribution in [1.29, 1.82) is 0 Å². The summed E-state index contributed by atoms with van der Waals surface area (Å²) in [5, 5.41) is 20.2. The minimum absolute atomic E-state index is 0.0574. The van der Waals surface area contributed by atoms with Crippen LogP contribution < -0.4 is 5.32 Å². The summed E-state index contributed by atoms with van der Waals surface area (Å²) < 4.78 is 0. The standard InChI is InChI=1S/C8H17NO3/c1-2-8(12)9-6-7(11)4-3-5-10/h7,10-11H,2-6H2,1H3,(H,9,12). The van der Waals surface area contributed by atoms with Crippen molar-refractivity contribution in [2.75, 3.05) is 13.2 Å². The third kappa shape index (κ3) is 6.12. The Morgan fingerprint density at radius 1 is 1.58 bits per heavy atom. The molecule has 0 aliphatic rings. The summed E-state index contributed by atoms with van der Waals surface area (Å²) >= 11 is 0. The van der Waals surface area contributed by atoms with Crippen molar-refractivity contribution >= 4 is 5.91 Å². The number of aliphatic hydroxyl groups excluding tert-OH is 2. The smallest absolute Gasteiger partial charge is 0.219 e. The maximum atomic E-state index is 10.7. The highest BCUT2D eigenvalue weighted by Crippen LogP contribution is 1.94. The molecule has 0 aliphatic carbocycles. The highest BCUT2D eigenvalue weighted by Gasteiger charge is 2.04. The highest BCUT2D eigenvalue weighted by molar-refractivity contribution is 5.75.